The number of hydrogen-bond donors (Lipinski definition) is 0. The Labute approximate surface area is 142 Å². The maximum absolute atomic E-state index is 12.4. The second kappa shape index (κ2) is 8.08. The van der Waals surface area contributed by atoms with Crippen molar-refractivity contribution in [3.8, 4) is 0 Å². The van der Waals surface area contributed by atoms with Crippen molar-refractivity contribution < 1.29 is 14.3 Å². The van der Waals surface area contributed by atoms with Gasteiger partial charge in [0.25, 0.3) is 0 Å². The van der Waals surface area contributed by atoms with Crippen LogP contribution in [0, 0.1) is 0 Å². The first-order valence-electron chi connectivity index (χ1n) is 8.26. The molecule has 6 heteroatoms. The summed E-state index contributed by atoms with van der Waals surface area (Å²) in [6, 6.07) is 7.93. The third-order valence-electron chi connectivity index (χ3n) is 4.12. The lowest BCUT2D eigenvalue weighted by Crippen LogP contribution is -2.39. The van der Waals surface area contributed by atoms with Crippen molar-refractivity contribution in [2.24, 2.45) is 0 Å². The van der Waals surface area contributed by atoms with Crippen LogP contribution in [-0.2, 0) is 34.0 Å². The van der Waals surface area contributed by atoms with Crippen molar-refractivity contribution in [1.82, 2.24) is 14.5 Å². The SMILES string of the molecule is CCOCC(=O)N1Cc2cccn2C[C@H](OCc2ccncc2)C1. The van der Waals surface area contributed by atoms with Crippen LogP contribution in [0.1, 0.15) is 18.2 Å². The van der Waals surface area contributed by atoms with Gasteiger partial charge in [-0.1, -0.05) is 0 Å². The summed E-state index contributed by atoms with van der Waals surface area (Å²) in [6.45, 7) is 4.96. The highest BCUT2D eigenvalue weighted by molar-refractivity contribution is 5.77. The average molecular weight is 329 g/mol. The van der Waals surface area contributed by atoms with E-state index in [1.165, 1.54) is 0 Å². The summed E-state index contributed by atoms with van der Waals surface area (Å²) in [5, 5.41) is 0. The van der Waals surface area contributed by atoms with E-state index in [1.54, 1.807) is 12.4 Å². The molecular formula is C18H23N3O3. The van der Waals surface area contributed by atoms with E-state index in [1.807, 2.05) is 42.3 Å². The number of ether oxygens (including phenoxy) is 2. The quantitative estimate of drug-likeness (QED) is 0.811. The molecule has 1 atom stereocenters. The Bertz CT molecular complexity index is 657. The van der Waals surface area contributed by atoms with E-state index in [0.717, 1.165) is 17.8 Å². The third kappa shape index (κ3) is 4.21. The van der Waals surface area contributed by atoms with E-state index in [2.05, 4.69) is 9.55 Å². The molecule has 2 aromatic rings. The maximum Gasteiger partial charge on any atom is 0.249 e. The molecule has 0 bridgehead atoms. The molecule has 2 aromatic heterocycles. The number of aromatic nitrogens is 2. The monoisotopic (exact) mass is 329 g/mol. The summed E-state index contributed by atoms with van der Waals surface area (Å²) < 4.78 is 13.5. The molecule has 0 aliphatic carbocycles. The topological polar surface area (TPSA) is 56.6 Å². The fourth-order valence-electron chi connectivity index (χ4n) is 2.82. The molecule has 3 heterocycles. The number of pyridine rings is 1. The Balaban J connectivity index is 1.68. The highest BCUT2D eigenvalue weighted by atomic mass is 16.5. The minimum absolute atomic E-state index is 0.00371. The van der Waals surface area contributed by atoms with Crippen LogP contribution in [0.4, 0.5) is 0 Å². The Kier molecular flexibility index (Phi) is 5.61. The molecule has 6 nitrogen and oxygen atoms in total. The fourth-order valence-corrected chi connectivity index (χ4v) is 2.82. The Morgan fingerprint density at radius 3 is 2.92 bits per heavy atom. The van der Waals surface area contributed by atoms with Crippen LogP contribution >= 0.6 is 0 Å². The molecule has 0 aromatic carbocycles. The molecule has 128 valence electrons. The number of amides is 1. The van der Waals surface area contributed by atoms with Crippen LogP contribution in [0.25, 0.3) is 0 Å². The minimum Gasteiger partial charge on any atom is -0.372 e. The molecule has 1 amide bonds. The lowest BCUT2D eigenvalue weighted by atomic mass is 10.2. The summed E-state index contributed by atoms with van der Waals surface area (Å²) >= 11 is 0. The van der Waals surface area contributed by atoms with Crippen LogP contribution in [0.2, 0.25) is 0 Å². The average Bonchev–Trinajstić information content (AvgIpc) is 2.96. The number of carbonyl (C=O) groups excluding carboxylic acids is 1. The van der Waals surface area contributed by atoms with Crippen molar-refractivity contribution in [2.45, 2.75) is 32.7 Å². The molecule has 0 unspecified atom stereocenters. The summed E-state index contributed by atoms with van der Waals surface area (Å²) in [5.74, 6) is 0.00371. The molecule has 1 aliphatic heterocycles. The van der Waals surface area contributed by atoms with E-state index in [-0.39, 0.29) is 18.6 Å². The van der Waals surface area contributed by atoms with Gasteiger partial charge in [-0.3, -0.25) is 9.78 Å². The van der Waals surface area contributed by atoms with Crippen molar-refractivity contribution in [2.75, 3.05) is 19.8 Å². The lowest BCUT2D eigenvalue weighted by molar-refractivity contribution is -0.138. The molecule has 0 fully saturated rings. The number of nitrogens with zero attached hydrogens (tertiary/aromatic N) is 3. The van der Waals surface area contributed by atoms with Crippen LogP contribution in [-0.4, -0.2) is 46.2 Å². The zero-order valence-electron chi connectivity index (χ0n) is 13.9. The van der Waals surface area contributed by atoms with Crippen LogP contribution in [0.3, 0.4) is 0 Å². The van der Waals surface area contributed by atoms with E-state index in [0.29, 0.717) is 26.3 Å². The molecule has 0 radical (unpaired) electrons. The van der Waals surface area contributed by atoms with Gasteiger partial charge in [0.1, 0.15) is 6.61 Å². The van der Waals surface area contributed by atoms with Gasteiger partial charge in [-0.15, -0.1) is 0 Å². The molecule has 0 saturated heterocycles. The normalized spacial score (nSPS) is 17.4. The first-order valence-corrected chi connectivity index (χ1v) is 8.26. The van der Waals surface area contributed by atoms with Crippen LogP contribution in [0.5, 0.6) is 0 Å². The van der Waals surface area contributed by atoms with Gasteiger partial charge >= 0.3 is 0 Å². The molecule has 0 spiro atoms. The van der Waals surface area contributed by atoms with Crippen LogP contribution in [0.15, 0.2) is 42.9 Å². The van der Waals surface area contributed by atoms with Gasteiger partial charge in [-0.25, -0.2) is 0 Å². The zero-order chi connectivity index (χ0) is 16.8. The van der Waals surface area contributed by atoms with E-state index >= 15 is 0 Å². The van der Waals surface area contributed by atoms with Gasteiger partial charge < -0.3 is 18.9 Å². The first-order chi connectivity index (χ1) is 11.8. The summed E-state index contributed by atoms with van der Waals surface area (Å²) in [4.78, 5) is 18.2. The van der Waals surface area contributed by atoms with Crippen molar-refractivity contribution >= 4 is 5.91 Å². The standard InChI is InChI=1S/C18H23N3O3/c1-2-23-14-18(22)21-10-16-4-3-9-20(16)11-17(12-21)24-13-15-5-7-19-8-6-15/h3-9,17H,2,10-14H2,1H3/t17-/m0/s1. The number of carbonyl (C=O) groups is 1. The Morgan fingerprint density at radius 1 is 1.29 bits per heavy atom. The highest BCUT2D eigenvalue weighted by Crippen LogP contribution is 2.16. The van der Waals surface area contributed by atoms with Crippen molar-refractivity contribution in [3.63, 3.8) is 0 Å². The zero-order valence-corrected chi connectivity index (χ0v) is 13.9. The van der Waals surface area contributed by atoms with Gasteiger partial charge in [0.2, 0.25) is 5.91 Å². The maximum atomic E-state index is 12.4. The first kappa shape index (κ1) is 16.7. The second-order valence-electron chi connectivity index (χ2n) is 5.85. The predicted octanol–water partition coefficient (Wildman–Crippen LogP) is 1.85. The van der Waals surface area contributed by atoms with Gasteiger partial charge in [0.15, 0.2) is 0 Å². The van der Waals surface area contributed by atoms with Gasteiger partial charge in [-0.05, 0) is 36.8 Å². The molecular weight excluding hydrogens is 306 g/mol. The van der Waals surface area contributed by atoms with Crippen molar-refractivity contribution in [1.29, 1.82) is 0 Å². The predicted molar refractivity (Wildman–Crippen MR) is 89.2 cm³/mol. The summed E-state index contributed by atoms with van der Waals surface area (Å²) in [7, 11) is 0. The molecule has 24 heavy (non-hydrogen) atoms. The second-order valence-corrected chi connectivity index (χ2v) is 5.85. The Morgan fingerprint density at radius 2 is 2.12 bits per heavy atom. The van der Waals surface area contributed by atoms with E-state index in [9.17, 15) is 4.79 Å². The van der Waals surface area contributed by atoms with Gasteiger partial charge in [-0.2, -0.15) is 0 Å². The summed E-state index contributed by atoms with van der Waals surface area (Å²) in [5.41, 5.74) is 2.20. The fraction of sp³-hybridized carbons (Fsp3) is 0.444. The van der Waals surface area contributed by atoms with Crippen molar-refractivity contribution in [3.05, 3.63) is 54.1 Å². The number of rotatable bonds is 6. The number of hydrogen-bond acceptors (Lipinski definition) is 4. The van der Waals surface area contributed by atoms with Gasteiger partial charge in [0.05, 0.1) is 25.8 Å². The third-order valence-corrected chi connectivity index (χ3v) is 4.12. The molecule has 1 aliphatic rings. The molecule has 0 saturated carbocycles. The minimum atomic E-state index is -0.0580. The molecule has 3 rings (SSSR count). The summed E-state index contributed by atoms with van der Waals surface area (Å²) in [6.07, 6.45) is 5.49. The number of fused-ring (bicyclic) bond motifs is 1. The highest BCUT2D eigenvalue weighted by Gasteiger charge is 2.25. The van der Waals surface area contributed by atoms with E-state index in [4.69, 9.17) is 9.47 Å². The lowest BCUT2D eigenvalue weighted by Gasteiger charge is -2.24. The van der Waals surface area contributed by atoms with Gasteiger partial charge in [0, 0.05) is 37.4 Å². The molecule has 0 N–H and O–H groups in total. The van der Waals surface area contributed by atoms with Crippen LogP contribution < -0.4 is 0 Å². The Hall–Kier alpha value is -2.18. The smallest absolute Gasteiger partial charge is 0.249 e. The largest absolute Gasteiger partial charge is 0.372 e. The van der Waals surface area contributed by atoms with E-state index < -0.39 is 0 Å².